The fourth-order valence-corrected chi connectivity index (χ4v) is 3.15. The van der Waals surface area contributed by atoms with Crippen LogP contribution in [-0.2, 0) is 13.1 Å². The monoisotopic (exact) mass is 350 g/mol. The summed E-state index contributed by atoms with van der Waals surface area (Å²) in [4.78, 5) is 14.3. The van der Waals surface area contributed by atoms with Crippen molar-refractivity contribution in [1.82, 2.24) is 4.90 Å². The largest absolute Gasteiger partial charge is 0.399 e. The molecule has 0 atom stereocenters. The van der Waals surface area contributed by atoms with Gasteiger partial charge in [0.25, 0.3) is 5.91 Å². The quantitative estimate of drug-likeness (QED) is 0.793. The van der Waals surface area contributed by atoms with E-state index in [1.807, 2.05) is 24.3 Å². The van der Waals surface area contributed by atoms with Crippen molar-refractivity contribution in [2.24, 2.45) is 0 Å². The summed E-state index contributed by atoms with van der Waals surface area (Å²) in [6.45, 7) is 1.17. The topological polar surface area (TPSA) is 46.3 Å². The van der Waals surface area contributed by atoms with Crippen LogP contribution in [0.5, 0.6) is 0 Å². The van der Waals surface area contributed by atoms with E-state index in [9.17, 15) is 4.79 Å². The molecule has 102 valence electrons. The lowest BCUT2D eigenvalue weighted by molar-refractivity contribution is 0.0751. The van der Waals surface area contributed by atoms with E-state index in [-0.39, 0.29) is 5.91 Å². The maximum atomic E-state index is 12.5. The predicted molar refractivity (Wildman–Crippen MR) is 83.6 cm³/mol. The van der Waals surface area contributed by atoms with Crippen LogP contribution < -0.4 is 5.73 Å². The highest BCUT2D eigenvalue weighted by atomic mass is 79.9. The lowest BCUT2D eigenvalue weighted by Gasteiger charge is -2.16. The molecule has 1 amide bonds. The van der Waals surface area contributed by atoms with E-state index in [0.29, 0.717) is 23.7 Å². The number of amides is 1. The lowest BCUT2D eigenvalue weighted by Crippen LogP contribution is -2.25. The summed E-state index contributed by atoms with van der Waals surface area (Å²) >= 11 is 9.48. The number of hydrogen-bond acceptors (Lipinski definition) is 2. The summed E-state index contributed by atoms with van der Waals surface area (Å²) in [6, 6.07) is 11.1. The van der Waals surface area contributed by atoms with E-state index >= 15 is 0 Å². The first-order valence-corrected chi connectivity index (χ1v) is 7.33. The Kier molecular flexibility index (Phi) is 3.44. The number of carbonyl (C=O) groups excluding carboxylic acids is 1. The second kappa shape index (κ2) is 5.11. The minimum absolute atomic E-state index is 0.0581. The van der Waals surface area contributed by atoms with Crippen molar-refractivity contribution >= 4 is 39.1 Å². The highest BCUT2D eigenvalue weighted by molar-refractivity contribution is 9.10. The van der Waals surface area contributed by atoms with Crippen molar-refractivity contribution in [2.45, 2.75) is 13.1 Å². The number of benzene rings is 2. The molecule has 5 heteroatoms. The molecule has 0 radical (unpaired) electrons. The molecular formula is C15H12BrClN2O. The Balaban J connectivity index is 1.87. The molecule has 2 aromatic rings. The summed E-state index contributed by atoms with van der Waals surface area (Å²) in [5, 5.41) is 0.458. The number of fused-ring (bicyclic) bond motifs is 1. The third kappa shape index (κ3) is 2.41. The predicted octanol–water partition coefficient (Wildman–Crippen LogP) is 3.84. The van der Waals surface area contributed by atoms with Crippen molar-refractivity contribution in [2.75, 3.05) is 5.73 Å². The van der Waals surface area contributed by atoms with Crippen LogP contribution in [0.1, 0.15) is 21.5 Å². The van der Waals surface area contributed by atoms with Gasteiger partial charge < -0.3 is 10.6 Å². The maximum Gasteiger partial charge on any atom is 0.255 e. The van der Waals surface area contributed by atoms with Gasteiger partial charge in [0.1, 0.15) is 0 Å². The Labute approximate surface area is 130 Å². The zero-order valence-electron chi connectivity index (χ0n) is 10.6. The number of hydrogen-bond donors (Lipinski definition) is 1. The molecule has 20 heavy (non-hydrogen) atoms. The molecule has 0 aromatic heterocycles. The Bertz CT molecular complexity index is 702. The zero-order valence-corrected chi connectivity index (χ0v) is 12.9. The molecule has 1 aliphatic heterocycles. The highest BCUT2D eigenvalue weighted by Gasteiger charge is 2.25. The summed E-state index contributed by atoms with van der Waals surface area (Å²) in [5.74, 6) is -0.0581. The third-order valence-corrected chi connectivity index (χ3v) is 4.21. The summed E-state index contributed by atoms with van der Waals surface area (Å²) in [6.07, 6.45) is 0. The maximum absolute atomic E-state index is 12.5. The van der Waals surface area contributed by atoms with Crippen LogP contribution in [0.2, 0.25) is 5.02 Å². The van der Waals surface area contributed by atoms with Gasteiger partial charge in [0, 0.05) is 23.2 Å². The molecule has 3 rings (SSSR count). The molecule has 2 N–H and O–H groups in total. The van der Waals surface area contributed by atoms with E-state index in [0.717, 1.165) is 21.3 Å². The molecule has 3 nitrogen and oxygen atoms in total. The van der Waals surface area contributed by atoms with Gasteiger partial charge in [0.05, 0.1) is 10.6 Å². The van der Waals surface area contributed by atoms with Crippen molar-refractivity contribution in [3.05, 3.63) is 62.6 Å². The van der Waals surface area contributed by atoms with Crippen LogP contribution in [-0.4, -0.2) is 10.8 Å². The number of nitrogen functional groups attached to an aromatic ring is 1. The second-order valence-corrected chi connectivity index (χ2v) is 6.14. The third-order valence-electron chi connectivity index (χ3n) is 3.40. The lowest BCUT2D eigenvalue weighted by atomic mass is 10.1. The Morgan fingerprint density at radius 3 is 2.65 bits per heavy atom. The first-order valence-electron chi connectivity index (χ1n) is 6.16. The molecule has 0 unspecified atom stereocenters. The Morgan fingerprint density at radius 1 is 1.15 bits per heavy atom. The minimum atomic E-state index is -0.0581. The summed E-state index contributed by atoms with van der Waals surface area (Å²) < 4.78 is 0.858. The van der Waals surface area contributed by atoms with Crippen LogP contribution in [0.25, 0.3) is 0 Å². The molecule has 0 spiro atoms. The van der Waals surface area contributed by atoms with Crippen molar-refractivity contribution in [3.8, 4) is 0 Å². The average Bonchev–Trinajstić information content (AvgIpc) is 2.81. The number of nitrogens with zero attached hydrogens (tertiary/aromatic N) is 1. The minimum Gasteiger partial charge on any atom is -0.399 e. The molecule has 2 aromatic carbocycles. The van der Waals surface area contributed by atoms with E-state index in [2.05, 4.69) is 15.9 Å². The first kappa shape index (κ1) is 13.5. The fraction of sp³-hybridized carbons (Fsp3) is 0.133. The number of anilines is 1. The van der Waals surface area contributed by atoms with Gasteiger partial charge in [-0.3, -0.25) is 4.79 Å². The van der Waals surface area contributed by atoms with Gasteiger partial charge >= 0.3 is 0 Å². The zero-order chi connectivity index (χ0) is 14.3. The van der Waals surface area contributed by atoms with E-state index in [4.69, 9.17) is 17.3 Å². The average molecular weight is 352 g/mol. The second-order valence-electron chi connectivity index (χ2n) is 4.81. The van der Waals surface area contributed by atoms with Crippen LogP contribution in [0, 0.1) is 0 Å². The van der Waals surface area contributed by atoms with Gasteiger partial charge in [-0.2, -0.15) is 0 Å². The molecule has 0 bridgehead atoms. The van der Waals surface area contributed by atoms with Crippen molar-refractivity contribution in [1.29, 1.82) is 0 Å². The van der Waals surface area contributed by atoms with Crippen molar-refractivity contribution in [3.63, 3.8) is 0 Å². The van der Waals surface area contributed by atoms with Gasteiger partial charge in [-0.25, -0.2) is 0 Å². The molecular weight excluding hydrogens is 340 g/mol. The smallest absolute Gasteiger partial charge is 0.255 e. The standard InChI is InChI=1S/C15H12BrClN2O/c16-11-2-4-13(14(17)6-11)15(20)19-7-9-1-3-12(18)5-10(9)8-19/h1-6H,7-8,18H2. The van der Waals surface area contributed by atoms with Crippen LogP contribution in [0.3, 0.4) is 0 Å². The molecule has 1 aliphatic rings. The Morgan fingerprint density at radius 2 is 1.90 bits per heavy atom. The van der Waals surface area contributed by atoms with Crippen LogP contribution >= 0.6 is 27.5 Å². The highest BCUT2D eigenvalue weighted by Crippen LogP contribution is 2.28. The molecule has 0 saturated heterocycles. The van der Waals surface area contributed by atoms with Crippen LogP contribution in [0.4, 0.5) is 5.69 Å². The molecule has 0 saturated carbocycles. The molecule has 0 fully saturated rings. The SMILES string of the molecule is Nc1ccc2c(c1)CN(C(=O)c1ccc(Br)cc1Cl)C2. The first-order chi connectivity index (χ1) is 9.54. The fourth-order valence-electron chi connectivity index (χ4n) is 2.39. The van der Waals surface area contributed by atoms with Gasteiger partial charge in [-0.05, 0) is 41.5 Å². The van der Waals surface area contributed by atoms with E-state index < -0.39 is 0 Å². The number of rotatable bonds is 1. The molecule has 0 aliphatic carbocycles. The van der Waals surface area contributed by atoms with Gasteiger partial charge in [0.2, 0.25) is 0 Å². The van der Waals surface area contributed by atoms with Gasteiger partial charge in [-0.15, -0.1) is 0 Å². The number of carbonyl (C=O) groups is 1. The molecule has 1 heterocycles. The van der Waals surface area contributed by atoms with Gasteiger partial charge in [0.15, 0.2) is 0 Å². The van der Waals surface area contributed by atoms with E-state index in [1.54, 1.807) is 17.0 Å². The normalized spacial score (nSPS) is 13.4. The van der Waals surface area contributed by atoms with Gasteiger partial charge in [-0.1, -0.05) is 33.6 Å². The number of halogens is 2. The van der Waals surface area contributed by atoms with Crippen molar-refractivity contribution < 1.29 is 4.79 Å². The summed E-state index contributed by atoms with van der Waals surface area (Å²) in [7, 11) is 0. The van der Waals surface area contributed by atoms with E-state index in [1.165, 1.54) is 0 Å². The summed E-state index contributed by atoms with van der Waals surface area (Å²) in [5.41, 5.74) is 9.26. The number of nitrogens with two attached hydrogens (primary N) is 1. The van der Waals surface area contributed by atoms with Crippen LogP contribution in [0.15, 0.2) is 40.9 Å². The Hall–Kier alpha value is -1.52.